The Kier molecular flexibility index (Phi) is 14.3. The maximum atomic E-state index is 12.6. The minimum Gasteiger partial charge on any atom is -0.324 e. The molecule has 0 aliphatic carbocycles. The van der Waals surface area contributed by atoms with Gasteiger partial charge in [0.2, 0.25) is 0 Å². The SMILES string of the molecule is CCC1CCC(C)CCN(C(=O)Nc2ccc(C)c(Cl)c2)C1.C\C=C(CC)/C(C)=C(Cl)\C=C\C. The largest absolute Gasteiger partial charge is 0.324 e. The third kappa shape index (κ3) is 10.3. The zero-order valence-electron chi connectivity index (χ0n) is 22.2. The Morgan fingerprint density at radius 1 is 1.21 bits per heavy atom. The van der Waals surface area contributed by atoms with Crippen LogP contribution < -0.4 is 5.32 Å². The van der Waals surface area contributed by atoms with Crippen LogP contribution in [0.25, 0.3) is 0 Å². The summed E-state index contributed by atoms with van der Waals surface area (Å²) in [5.41, 5.74) is 4.28. The van der Waals surface area contributed by atoms with Crippen LogP contribution in [0.15, 0.2) is 52.6 Å². The molecular formula is C29H44Cl2N2O. The number of likely N-dealkylation sites (tertiary alicyclic amines) is 1. The molecule has 0 bridgehead atoms. The number of urea groups is 1. The maximum absolute atomic E-state index is 12.6. The van der Waals surface area contributed by atoms with Gasteiger partial charge in [0.05, 0.1) is 0 Å². The number of benzene rings is 1. The third-order valence-corrected chi connectivity index (χ3v) is 7.42. The first-order valence-electron chi connectivity index (χ1n) is 12.6. The summed E-state index contributed by atoms with van der Waals surface area (Å²) in [6, 6.07) is 5.65. The Labute approximate surface area is 218 Å². The number of allylic oxidation sites excluding steroid dienone is 6. The number of hydrogen-bond donors (Lipinski definition) is 1. The zero-order chi connectivity index (χ0) is 25.7. The average molecular weight is 508 g/mol. The summed E-state index contributed by atoms with van der Waals surface area (Å²) < 4.78 is 0. The second kappa shape index (κ2) is 16.1. The van der Waals surface area contributed by atoms with Gasteiger partial charge in [0, 0.05) is 28.8 Å². The van der Waals surface area contributed by atoms with E-state index in [1.54, 1.807) is 0 Å². The van der Waals surface area contributed by atoms with Crippen molar-refractivity contribution in [3.05, 3.63) is 63.2 Å². The summed E-state index contributed by atoms with van der Waals surface area (Å²) in [7, 11) is 0. The molecule has 34 heavy (non-hydrogen) atoms. The van der Waals surface area contributed by atoms with Crippen molar-refractivity contribution < 1.29 is 4.79 Å². The Bertz CT molecular complexity index is 873. The van der Waals surface area contributed by atoms with Crippen molar-refractivity contribution in [3.63, 3.8) is 0 Å². The summed E-state index contributed by atoms with van der Waals surface area (Å²) in [5, 5.41) is 4.52. The molecule has 1 N–H and O–H groups in total. The van der Waals surface area contributed by atoms with Crippen molar-refractivity contribution in [2.45, 2.75) is 80.6 Å². The van der Waals surface area contributed by atoms with Gasteiger partial charge < -0.3 is 10.2 Å². The number of hydrogen-bond acceptors (Lipinski definition) is 1. The monoisotopic (exact) mass is 506 g/mol. The summed E-state index contributed by atoms with van der Waals surface area (Å²) in [6.07, 6.45) is 11.7. The molecule has 1 saturated heterocycles. The molecule has 1 aromatic rings. The van der Waals surface area contributed by atoms with E-state index in [2.05, 4.69) is 39.1 Å². The van der Waals surface area contributed by atoms with Gasteiger partial charge in [-0.2, -0.15) is 0 Å². The summed E-state index contributed by atoms with van der Waals surface area (Å²) in [6.45, 7) is 16.4. The molecule has 0 aromatic heterocycles. The molecule has 2 atom stereocenters. The predicted molar refractivity (Wildman–Crippen MR) is 151 cm³/mol. The number of carbonyl (C=O) groups excluding carboxylic acids is 1. The van der Waals surface area contributed by atoms with Crippen LogP contribution in [0.4, 0.5) is 10.5 Å². The molecule has 3 nitrogen and oxygen atoms in total. The number of amides is 2. The van der Waals surface area contributed by atoms with E-state index >= 15 is 0 Å². The molecule has 190 valence electrons. The Morgan fingerprint density at radius 3 is 2.47 bits per heavy atom. The van der Waals surface area contributed by atoms with Crippen molar-refractivity contribution >= 4 is 34.9 Å². The lowest BCUT2D eigenvalue weighted by atomic mass is 9.90. The van der Waals surface area contributed by atoms with Crippen molar-refractivity contribution in [1.82, 2.24) is 4.90 Å². The van der Waals surface area contributed by atoms with Gasteiger partial charge in [0.25, 0.3) is 0 Å². The van der Waals surface area contributed by atoms with Crippen LogP contribution >= 0.6 is 23.2 Å². The standard InChI is InChI=1S/C18H27ClN2O.C11H17Cl/c1-4-15-7-5-13(2)9-10-21(12-15)18(22)20-16-8-6-14(3)17(19)11-16;1-5-8-11(12)9(4)10(6-2)7-3/h6,8,11,13,15H,4-5,7,9-10,12H2,1-3H3,(H,20,22);5-6,8H,7H2,1-4H3/b;8-5+,10-6-,11-9+. The second-order valence-corrected chi connectivity index (χ2v) is 10.0. The Hall–Kier alpha value is -1.71. The zero-order valence-corrected chi connectivity index (χ0v) is 23.7. The number of halogens is 2. The van der Waals surface area contributed by atoms with E-state index in [-0.39, 0.29) is 6.03 Å². The molecule has 1 heterocycles. The van der Waals surface area contributed by atoms with Gasteiger partial charge in [-0.15, -0.1) is 0 Å². The molecule has 2 amide bonds. The fourth-order valence-corrected chi connectivity index (χ4v) is 4.46. The first-order valence-corrected chi connectivity index (χ1v) is 13.4. The number of nitrogens with one attached hydrogen (secondary N) is 1. The maximum Gasteiger partial charge on any atom is 0.321 e. The average Bonchev–Trinajstić information content (AvgIpc) is 2.80. The quantitative estimate of drug-likeness (QED) is 0.395. The summed E-state index contributed by atoms with van der Waals surface area (Å²) in [5.74, 6) is 1.30. The van der Waals surface area contributed by atoms with Gasteiger partial charge in [0.15, 0.2) is 0 Å². The lowest BCUT2D eigenvalue weighted by molar-refractivity contribution is 0.179. The predicted octanol–water partition coefficient (Wildman–Crippen LogP) is 9.76. The summed E-state index contributed by atoms with van der Waals surface area (Å²) in [4.78, 5) is 14.5. The number of anilines is 1. The van der Waals surface area contributed by atoms with Gasteiger partial charge in [-0.25, -0.2) is 4.79 Å². The highest BCUT2D eigenvalue weighted by atomic mass is 35.5. The number of carbonyl (C=O) groups is 1. The Morgan fingerprint density at radius 2 is 1.91 bits per heavy atom. The molecule has 0 saturated carbocycles. The van der Waals surface area contributed by atoms with Crippen LogP contribution in [0.5, 0.6) is 0 Å². The molecule has 2 rings (SSSR count). The third-order valence-electron chi connectivity index (χ3n) is 6.61. The first-order chi connectivity index (χ1) is 16.2. The van der Waals surface area contributed by atoms with Crippen LogP contribution in [0.3, 0.4) is 0 Å². The molecular weight excluding hydrogens is 463 g/mol. The highest BCUT2D eigenvalue weighted by Gasteiger charge is 2.22. The number of aryl methyl sites for hydroxylation is 1. The van der Waals surface area contributed by atoms with Gasteiger partial charge in [-0.3, -0.25) is 0 Å². The highest BCUT2D eigenvalue weighted by molar-refractivity contribution is 6.32. The second-order valence-electron chi connectivity index (χ2n) is 9.23. The van der Waals surface area contributed by atoms with Gasteiger partial charge in [-0.05, 0) is 93.7 Å². The Balaban J connectivity index is 0.000000411. The first kappa shape index (κ1) is 30.3. The van der Waals surface area contributed by atoms with E-state index in [0.29, 0.717) is 16.9 Å². The van der Waals surface area contributed by atoms with Crippen LogP contribution in [-0.2, 0) is 0 Å². The van der Waals surface area contributed by atoms with E-state index in [4.69, 9.17) is 23.2 Å². The molecule has 1 fully saturated rings. The molecule has 1 aliphatic rings. The van der Waals surface area contributed by atoms with Crippen LogP contribution in [0.1, 0.15) is 79.2 Å². The minimum absolute atomic E-state index is 0.00697. The molecule has 5 heteroatoms. The fraction of sp³-hybridized carbons (Fsp3) is 0.552. The lowest BCUT2D eigenvalue weighted by Crippen LogP contribution is -2.40. The molecule has 2 unspecified atom stereocenters. The smallest absolute Gasteiger partial charge is 0.321 e. The van der Waals surface area contributed by atoms with Crippen molar-refractivity contribution in [2.24, 2.45) is 11.8 Å². The van der Waals surface area contributed by atoms with Gasteiger partial charge in [0.1, 0.15) is 0 Å². The van der Waals surface area contributed by atoms with Gasteiger partial charge >= 0.3 is 6.03 Å². The number of nitrogens with zero attached hydrogens (tertiary/aromatic N) is 1. The van der Waals surface area contributed by atoms with Gasteiger partial charge in [-0.1, -0.05) is 75.0 Å². The highest BCUT2D eigenvalue weighted by Crippen LogP contribution is 2.25. The van der Waals surface area contributed by atoms with Crippen LogP contribution in [-0.4, -0.2) is 24.0 Å². The minimum atomic E-state index is -0.00697. The molecule has 0 radical (unpaired) electrons. The molecule has 1 aliphatic heterocycles. The lowest BCUT2D eigenvalue weighted by Gasteiger charge is -2.31. The van der Waals surface area contributed by atoms with E-state index in [1.165, 1.54) is 24.0 Å². The normalized spacial score (nSPS) is 20.1. The van der Waals surface area contributed by atoms with Crippen molar-refractivity contribution in [3.8, 4) is 0 Å². The van der Waals surface area contributed by atoms with Crippen LogP contribution in [0.2, 0.25) is 5.02 Å². The van der Waals surface area contributed by atoms with E-state index in [0.717, 1.165) is 48.6 Å². The topological polar surface area (TPSA) is 32.3 Å². The molecule has 0 spiro atoms. The summed E-state index contributed by atoms with van der Waals surface area (Å²) >= 11 is 12.2. The molecule has 1 aromatic carbocycles. The number of rotatable bonds is 5. The fourth-order valence-electron chi connectivity index (χ4n) is 4.04. The van der Waals surface area contributed by atoms with Crippen LogP contribution in [0, 0.1) is 18.8 Å². The van der Waals surface area contributed by atoms with E-state index in [9.17, 15) is 4.79 Å². The van der Waals surface area contributed by atoms with Crippen molar-refractivity contribution in [2.75, 3.05) is 18.4 Å². The van der Waals surface area contributed by atoms with E-state index in [1.807, 2.05) is 56.0 Å². The van der Waals surface area contributed by atoms with Crippen molar-refractivity contribution in [1.29, 1.82) is 0 Å². The van der Waals surface area contributed by atoms with E-state index < -0.39 is 0 Å².